The summed E-state index contributed by atoms with van der Waals surface area (Å²) in [7, 11) is 0. The van der Waals surface area contributed by atoms with Crippen LogP contribution in [-0.4, -0.2) is 29.4 Å². The fourth-order valence-electron chi connectivity index (χ4n) is 3.27. The van der Waals surface area contributed by atoms with Gasteiger partial charge in [0.15, 0.2) is 5.84 Å². The van der Waals surface area contributed by atoms with Crippen molar-refractivity contribution in [2.75, 3.05) is 13.2 Å². The van der Waals surface area contributed by atoms with Crippen molar-refractivity contribution in [2.45, 2.75) is 39.0 Å². The summed E-state index contributed by atoms with van der Waals surface area (Å²) < 4.78 is 6.18. The summed E-state index contributed by atoms with van der Waals surface area (Å²) >= 11 is 6.30. The monoisotopic (exact) mass is 440 g/mol. The number of hydrogen-bond acceptors (Lipinski definition) is 4. The molecule has 1 unspecified atom stereocenters. The largest absolute Gasteiger partial charge is 0.489 e. The molecule has 0 heterocycles. The van der Waals surface area contributed by atoms with Gasteiger partial charge in [-0.1, -0.05) is 60.2 Å². The lowest BCUT2D eigenvalue weighted by molar-refractivity contribution is 0.241. The molecule has 0 amide bonds. The lowest BCUT2D eigenvalue weighted by Gasteiger charge is -2.24. The van der Waals surface area contributed by atoms with Crippen molar-refractivity contribution in [3.63, 3.8) is 0 Å². The predicted octanol–water partition coefficient (Wildman–Crippen LogP) is 5.10. The summed E-state index contributed by atoms with van der Waals surface area (Å²) in [5.41, 5.74) is 4.06. The Bertz CT molecular complexity index is 910. The van der Waals surface area contributed by atoms with Crippen LogP contribution in [0, 0.1) is 6.92 Å². The smallest absolute Gasteiger partial charge is 0.169 e. The van der Waals surface area contributed by atoms with Crippen LogP contribution in [0.25, 0.3) is 0 Å². The number of allylic oxidation sites excluding steroid dienone is 7. The molecule has 0 radical (unpaired) electrons. The van der Waals surface area contributed by atoms with E-state index < -0.39 is 0 Å². The van der Waals surface area contributed by atoms with Crippen molar-refractivity contribution < 1.29 is 4.74 Å². The van der Waals surface area contributed by atoms with Crippen molar-refractivity contribution in [3.05, 3.63) is 94.8 Å². The van der Waals surface area contributed by atoms with E-state index >= 15 is 0 Å². The van der Waals surface area contributed by atoms with Crippen molar-refractivity contribution in [1.82, 2.24) is 5.01 Å². The minimum atomic E-state index is -0.187. The molecule has 6 heteroatoms. The van der Waals surface area contributed by atoms with Crippen LogP contribution in [0.2, 0.25) is 0 Å². The highest BCUT2D eigenvalue weighted by atomic mass is 35.5. The van der Waals surface area contributed by atoms with Gasteiger partial charge >= 0.3 is 0 Å². The fourth-order valence-corrected chi connectivity index (χ4v) is 3.42. The van der Waals surface area contributed by atoms with Crippen LogP contribution >= 0.6 is 11.6 Å². The third-order valence-corrected chi connectivity index (χ3v) is 4.87. The van der Waals surface area contributed by atoms with Crippen LogP contribution in [0.3, 0.4) is 0 Å². The predicted molar refractivity (Wildman–Crippen MR) is 132 cm³/mol. The van der Waals surface area contributed by atoms with E-state index in [1.807, 2.05) is 57.2 Å². The number of ether oxygens (including phenoxy) is 1. The molecule has 0 spiro atoms. The minimum Gasteiger partial charge on any atom is -0.489 e. The summed E-state index contributed by atoms with van der Waals surface area (Å²) in [6.45, 7) is 6.72. The summed E-state index contributed by atoms with van der Waals surface area (Å²) in [6.07, 6.45) is 16.2. The van der Waals surface area contributed by atoms with E-state index in [2.05, 4.69) is 35.5 Å². The first-order chi connectivity index (χ1) is 14.9. The van der Waals surface area contributed by atoms with Gasteiger partial charge in [-0.25, -0.2) is 5.84 Å². The molecular weight excluding hydrogens is 408 g/mol. The molecule has 0 bridgehead atoms. The maximum Gasteiger partial charge on any atom is 0.169 e. The van der Waals surface area contributed by atoms with E-state index in [0.717, 1.165) is 35.3 Å². The number of aryl methyl sites for hydroxylation is 1. The molecule has 0 saturated carbocycles. The molecule has 0 aromatic heterocycles. The van der Waals surface area contributed by atoms with Crippen molar-refractivity contribution in [3.8, 4) is 0 Å². The molecule has 166 valence electrons. The molecule has 0 saturated heterocycles. The molecule has 4 N–H and O–H groups in total. The van der Waals surface area contributed by atoms with Gasteiger partial charge in [-0.2, -0.15) is 5.10 Å². The van der Waals surface area contributed by atoms with Gasteiger partial charge in [0.05, 0.1) is 6.54 Å². The molecule has 2 rings (SSSR count). The zero-order valence-corrected chi connectivity index (χ0v) is 19.3. The van der Waals surface area contributed by atoms with Crippen molar-refractivity contribution >= 4 is 17.4 Å². The third-order valence-electron chi connectivity index (χ3n) is 4.74. The number of nitrogens with two attached hydrogens (primary N) is 2. The zero-order chi connectivity index (χ0) is 22.6. The van der Waals surface area contributed by atoms with E-state index in [0.29, 0.717) is 19.0 Å². The Morgan fingerprint density at radius 3 is 2.77 bits per heavy atom. The zero-order valence-electron chi connectivity index (χ0n) is 18.6. The number of hydrogen-bond donors (Lipinski definition) is 2. The molecule has 1 aliphatic rings. The van der Waals surface area contributed by atoms with Gasteiger partial charge in [0.2, 0.25) is 0 Å². The van der Waals surface area contributed by atoms with Crippen LogP contribution in [-0.2, 0) is 4.74 Å². The van der Waals surface area contributed by atoms with Gasteiger partial charge in [0, 0.05) is 16.5 Å². The molecular formula is C25H33ClN4O. The average Bonchev–Trinajstić information content (AvgIpc) is 2.69. The number of alkyl halides is 1. The Kier molecular flexibility index (Phi) is 10.1. The molecule has 1 aromatic rings. The average molecular weight is 441 g/mol. The lowest BCUT2D eigenvalue weighted by atomic mass is 10.1. The van der Waals surface area contributed by atoms with Crippen LogP contribution in [0.15, 0.2) is 88.8 Å². The standard InChI is InChI=1S/C25H33ClN4O/c1-4-24(31-18-21-12-8-6-5-7-9-13-21)23(16-20(3)26)17-30(28)25(29-27)22-14-10-11-19(2)15-22/h4-8,10-11,13-16,20H,9,12,17-18,27-28H2,1-3H3/b7-5?,8-6-,21-13+,23-16-,24-4+,29-25-. The Morgan fingerprint density at radius 1 is 1.32 bits per heavy atom. The Labute approximate surface area is 191 Å². The summed E-state index contributed by atoms with van der Waals surface area (Å²) in [6, 6.07) is 7.89. The van der Waals surface area contributed by atoms with E-state index in [4.69, 9.17) is 28.0 Å². The first kappa shape index (κ1) is 24.5. The number of rotatable bonds is 8. The summed E-state index contributed by atoms with van der Waals surface area (Å²) in [5.74, 6) is 13.3. The van der Waals surface area contributed by atoms with Crippen LogP contribution < -0.4 is 11.7 Å². The van der Waals surface area contributed by atoms with Crippen LogP contribution in [0.5, 0.6) is 0 Å². The highest BCUT2D eigenvalue weighted by Gasteiger charge is 2.16. The Hall–Kier alpha value is -2.76. The Morgan fingerprint density at radius 2 is 2.10 bits per heavy atom. The third kappa shape index (κ3) is 8.12. The molecule has 5 nitrogen and oxygen atoms in total. The van der Waals surface area contributed by atoms with E-state index in [1.165, 1.54) is 10.6 Å². The number of hydrazone groups is 1. The molecule has 0 aliphatic heterocycles. The lowest BCUT2D eigenvalue weighted by Crippen LogP contribution is -2.40. The van der Waals surface area contributed by atoms with Crippen LogP contribution in [0.4, 0.5) is 0 Å². The highest BCUT2D eigenvalue weighted by Crippen LogP contribution is 2.19. The fraction of sp³-hybridized carbons (Fsp3) is 0.320. The van der Waals surface area contributed by atoms with Gasteiger partial charge in [0.25, 0.3) is 0 Å². The normalized spacial score (nSPS) is 19.1. The summed E-state index contributed by atoms with van der Waals surface area (Å²) in [5, 5.41) is 5.27. The van der Waals surface area contributed by atoms with Gasteiger partial charge in [-0.15, -0.1) is 11.6 Å². The molecule has 0 fully saturated rings. The minimum absolute atomic E-state index is 0.187. The van der Waals surface area contributed by atoms with Gasteiger partial charge in [-0.3, -0.25) is 5.01 Å². The molecule has 1 aliphatic carbocycles. The summed E-state index contributed by atoms with van der Waals surface area (Å²) in [4.78, 5) is 0. The quantitative estimate of drug-likeness (QED) is 0.0861. The molecule has 1 atom stereocenters. The van der Waals surface area contributed by atoms with Crippen molar-refractivity contribution in [1.29, 1.82) is 0 Å². The van der Waals surface area contributed by atoms with E-state index in [9.17, 15) is 0 Å². The Balaban J connectivity index is 2.17. The van der Waals surface area contributed by atoms with E-state index in [-0.39, 0.29) is 5.38 Å². The first-order valence-corrected chi connectivity index (χ1v) is 10.9. The first-order valence-electron chi connectivity index (χ1n) is 10.5. The maximum absolute atomic E-state index is 6.38. The second-order valence-electron chi connectivity index (χ2n) is 7.42. The molecule has 1 aromatic carbocycles. The number of amidine groups is 1. The number of benzene rings is 1. The van der Waals surface area contributed by atoms with Gasteiger partial charge in [0.1, 0.15) is 12.4 Å². The maximum atomic E-state index is 6.38. The van der Waals surface area contributed by atoms with Gasteiger partial charge < -0.3 is 10.6 Å². The number of hydrazine groups is 1. The van der Waals surface area contributed by atoms with Crippen LogP contribution in [0.1, 0.15) is 37.8 Å². The van der Waals surface area contributed by atoms with Crippen molar-refractivity contribution in [2.24, 2.45) is 16.8 Å². The SMILES string of the molecule is C/C=C(OC/C1=C/CC=C/C=C\C1)\C(=C/C(C)Cl)CN(N)/C(=N\N)c1cccc(C)c1. The second-order valence-corrected chi connectivity index (χ2v) is 8.11. The number of halogens is 1. The van der Waals surface area contributed by atoms with E-state index in [1.54, 1.807) is 0 Å². The number of nitrogens with zero attached hydrogens (tertiary/aromatic N) is 2. The highest BCUT2D eigenvalue weighted by molar-refractivity contribution is 6.21. The van der Waals surface area contributed by atoms with Gasteiger partial charge in [-0.05, 0) is 51.3 Å². The molecule has 31 heavy (non-hydrogen) atoms. The topological polar surface area (TPSA) is 76.9 Å². The second kappa shape index (κ2) is 12.8.